The third-order valence-electron chi connectivity index (χ3n) is 4.38. The summed E-state index contributed by atoms with van der Waals surface area (Å²) in [7, 11) is 4.85. The van der Waals surface area contributed by atoms with Crippen molar-refractivity contribution in [3.63, 3.8) is 0 Å². The van der Waals surface area contributed by atoms with Gasteiger partial charge in [0.05, 0.1) is 19.3 Å². The number of ether oxygens (including phenoxy) is 4. The van der Waals surface area contributed by atoms with Crippen molar-refractivity contribution in [2.24, 2.45) is 4.99 Å². The van der Waals surface area contributed by atoms with E-state index in [1.54, 1.807) is 50.5 Å². The average Bonchev–Trinajstić information content (AvgIpc) is 3.13. The maximum absolute atomic E-state index is 12.3. The molecule has 3 rings (SSSR count). The van der Waals surface area contributed by atoms with Gasteiger partial charge in [0.25, 0.3) is 5.91 Å². The van der Waals surface area contributed by atoms with Gasteiger partial charge in [0, 0.05) is 14.1 Å². The molecule has 0 atom stereocenters. The van der Waals surface area contributed by atoms with Crippen molar-refractivity contribution < 1.29 is 28.5 Å². The van der Waals surface area contributed by atoms with Crippen LogP contribution in [0.4, 0.5) is 0 Å². The van der Waals surface area contributed by atoms with Gasteiger partial charge < -0.3 is 23.8 Å². The van der Waals surface area contributed by atoms with Gasteiger partial charge in [-0.05, 0) is 42.8 Å². The lowest BCUT2D eigenvalue weighted by atomic mass is 10.1. The summed E-state index contributed by atoms with van der Waals surface area (Å²) in [6, 6.07) is 12.3. The van der Waals surface area contributed by atoms with Gasteiger partial charge in [0.1, 0.15) is 5.75 Å². The molecule has 0 aromatic heterocycles. The first-order valence-electron chi connectivity index (χ1n) is 9.68. The van der Waals surface area contributed by atoms with Gasteiger partial charge in [-0.25, -0.2) is 9.79 Å². The van der Waals surface area contributed by atoms with Crippen molar-refractivity contribution in [3.8, 4) is 17.2 Å². The first kappa shape index (κ1) is 21.9. The molecule has 1 aliphatic rings. The molecule has 0 saturated carbocycles. The van der Waals surface area contributed by atoms with Crippen molar-refractivity contribution in [2.75, 3.05) is 34.4 Å². The standard InChI is InChI=1S/C23H24N2O6/c1-5-29-20-13-15(10-11-19(20)30-14-21(26)25(2)3)12-17-23(27)31-22(24-17)16-8-6-7-9-18(16)28-4/h6-13H,5,14H2,1-4H3/b17-12-. The lowest BCUT2D eigenvalue weighted by Gasteiger charge is -2.14. The largest absolute Gasteiger partial charge is 0.496 e. The van der Waals surface area contributed by atoms with E-state index in [2.05, 4.69) is 4.99 Å². The van der Waals surface area contributed by atoms with Gasteiger partial charge in [-0.3, -0.25) is 4.79 Å². The molecular weight excluding hydrogens is 400 g/mol. The van der Waals surface area contributed by atoms with E-state index in [1.807, 2.05) is 19.1 Å². The van der Waals surface area contributed by atoms with Crippen LogP contribution in [0.2, 0.25) is 0 Å². The molecule has 1 heterocycles. The summed E-state index contributed by atoms with van der Waals surface area (Å²) in [4.78, 5) is 29.9. The van der Waals surface area contributed by atoms with Gasteiger partial charge in [-0.15, -0.1) is 0 Å². The molecule has 31 heavy (non-hydrogen) atoms. The van der Waals surface area contributed by atoms with Gasteiger partial charge in [-0.1, -0.05) is 18.2 Å². The number of likely N-dealkylation sites (N-methyl/N-ethyl adjacent to an activating group) is 1. The maximum atomic E-state index is 12.3. The minimum Gasteiger partial charge on any atom is -0.496 e. The number of para-hydroxylation sites is 1. The Balaban J connectivity index is 1.86. The molecule has 8 heteroatoms. The molecule has 0 fully saturated rings. The molecule has 2 aromatic rings. The van der Waals surface area contributed by atoms with E-state index >= 15 is 0 Å². The van der Waals surface area contributed by atoms with Crippen LogP contribution in [-0.2, 0) is 14.3 Å². The predicted octanol–water partition coefficient (Wildman–Crippen LogP) is 2.91. The van der Waals surface area contributed by atoms with Crippen molar-refractivity contribution in [2.45, 2.75) is 6.92 Å². The summed E-state index contributed by atoms with van der Waals surface area (Å²) in [5, 5.41) is 0. The van der Waals surface area contributed by atoms with Gasteiger partial charge in [-0.2, -0.15) is 0 Å². The van der Waals surface area contributed by atoms with E-state index in [9.17, 15) is 9.59 Å². The van der Waals surface area contributed by atoms with Crippen molar-refractivity contribution in [1.29, 1.82) is 0 Å². The number of benzene rings is 2. The zero-order chi connectivity index (χ0) is 22.4. The minimum absolute atomic E-state index is 0.105. The molecule has 162 valence electrons. The van der Waals surface area contributed by atoms with E-state index in [-0.39, 0.29) is 24.1 Å². The lowest BCUT2D eigenvalue weighted by Crippen LogP contribution is -2.27. The number of nitrogens with zero attached hydrogens (tertiary/aromatic N) is 2. The molecule has 0 unspecified atom stereocenters. The Morgan fingerprint density at radius 2 is 1.87 bits per heavy atom. The summed E-state index contributed by atoms with van der Waals surface area (Å²) in [6.45, 7) is 2.15. The Hall–Kier alpha value is -3.81. The fourth-order valence-corrected chi connectivity index (χ4v) is 2.77. The van der Waals surface area contributed by atoms with Crippen molar-refractivity contribution >= 4 is 23.9 Å². The fraction of sp³-hybridized carbons (Fsp3) is 0.261. The van der Waals surface area contributed by atoms with Crippen LogP contribution in [0.1, 0.15) is 18.1 Å². The highest BCUT2D eigenvalue weighted by molar-refractivity contribution is 6.13. The molecule has 0 radical (unpaired) electrons. The van der Waals surface area contributed by atoms with Crippen LogP contribution in [0.25, 0.3) is 6.08 Å². The number of carbonyl (C=O) groups excluding carboxylic acids is 2. The highest BCUT2D eigenvalue weighted by Gasteiger charge is 2.26. The Morgan fingerprint density at radius 3 is 2.58 bits per heavy atom. The number of carbonyl (C=O) groups is 2. The number of hydrogen-bond donors (Lipinski definition) is 0. The topological polar surface area (TPSA) is 86.7 Å². The molecule has 0 N–H and O–H groups in total. The second-order valence-corrected chi connectivity index (χ2v) is 6.75. The van der Waals surface area contributed by atoms with E-state index in [0.29, 0.717) is 35.0 Å². The molecule has 2 aromatic carbocycles. The summed E-state index contributed by atoms with van der Waals surface area (Å²) in [6.07, 6.45) is 1.60. The lowest BCUT2D eigenvalue weighted by molar-refractivity contribution is -0.131. The molecule has 1 aliphatic heterocycles. The molecule has 0 spiro atoms. The SMILES string of the molecule is CCOc1cc(/C=C2\N=C(c3ccccc3OC)OC2=O)ccc1OCC(=O)N(C)C. The Morgan fingerprint density at radius 1 is 1.10 bits per heavy atom. The third kappa shape index (κ3) is 5.22. The van der Waals surface area contributed by atoms with Crippen LogP contribution in [0.15, 0.2) is 53.2 Å². The zero-order valence-electron chi connectivity index (χ0n) is 17.9. The zero-order valence-corrected chi connectivity index (χ0v) is 17.9. The van der Waals surface area contributed by atoms with Gasteiger partial charge in [0.2, 0.25) is 5.90 Å². The van der Waals surface area contributed by atoms with Crippen LogP contribution in [-0.4, -0.2) is 57.1 Å². The summed E-state index contributed by atoms with van der Waals surface area (Å²) >= 11 is 0. The number of rotatable bonds is 8. The van der Waals surface area contributed by atoms with Crippen LogP contribution in [0, 0.1) is 0 Å². The minimum atomic E-state index is -0.559. The summed E-state index contributed by atoms with van der Waals surface area (Å²) in [5.41, 5.74) is 1.41. The second-order valence-electron chi connectivity index (χ2n) is 6.75. The number of hydrogen-bond acceptors (Lipinski definition) is 7. The molecule has 1 amide bonds. The van der Waals surface area contributed by atoms with Crippen LogP contribution in [0.3, 0.4) is 0 Å². The smallest absolute Gasteiger partial charge is 0.363 e. The predicted molar refractivity (Wildman–Crippen MR) is 115 cm³/mol. The van der Waals surface area contributed by atoms with Gasteiger partial charge in [0.15, 0.2) is 23.8 Å². The molecular formula is C23H24N2O6. The van der Waals surface area contributed by atoms with Crippen LogP contribution in [0.5, 0.6) is 17.2 Å². The van der Waals surface area contributed by atoms with E-state index in [4.69, 9.17) is 18.9 Å². The third-order valence-corrected chi connectivity index (χ3v) is 4.38. The van der Waals surface area contributed by atoms with E-state index in [0.717, 1.165) is 0 Å². The number of cyclic esters (lactones) is 1. The molecule has 0 bridgehead atoms. The highest BCUT2D eigenvalue weighted by Crippen LogP contribution is 2.31. The second kappa shape index (κ2) is 9.80. The Kier molecular flexibility index (Phi) is 6.92. The van der Waals surface area contributed by atoms with Crippen LogP contribution < -0.4 is 14.2 Å². The Bertz CT molecular complexity index is 1040. The molecule has 8 nitrogen and oxygen atoms in total. The normalized spacial score (nSPS) is 14.1. The monoisotopic (exact) mass is 424 g/mol. The first-order valence-corrected chi connectivity index (χ1v) is 9.68. The van der Waals surface area contributed by atoms with Crippen LogP contribution >= 0.6 is 0 Å². The Labute approximate surface area is 180 Å². The van der Waals surface area contributed by atoms with Crippen molar-refractivity contribution in [3.05, 3.63) is 59.3 Å². The summed E-state index contributed by atoms with van der Waals surface area (Å²) < 4.78 is 21.9. The van der Waals surface area contributed by atoms with E-state index < -0.39 is 5.97 Å². The van der Waals surface area contributed by atoms with Crippen molar-refractivity contribution in [1.82, 2.24) is 4.90 Å². The number of aliphatic imine (C=N–C) groups is 1. The van der Waals surface area contributed by atoms with Gasteiger partial charge >= 0.3 is 5.97 Å². The first-order chi connectivity index (χ1) is 14.9. The molecule has 0 aliphatic carbocycles. The summed E-state index contributed by atoms with van der Waals surface area (Å²) in [5.74, 6) is 0.912. The average molecular weight is 424 g/mol. The number of esters is 1. The fourth-order valence-electron chi connectivity index (χ4n) is 2.77. The number of methoxy groups -OCH3 is 1. The highest BCUT2D eigenvalue weighted by atomic mass is 16.6. The molecule has 0 saturated heterocycles. The quantitative estimate of drug-likeness (QED) is 0.478. The van der Waals surface area contributed by atoms with E-state index in [1.165, 1.54) is 12.0 Å². The number of amides is 1. The maximum Gasteiger partial charge on any atom is 0.363 e.